The number of aliphatic hydroxyl groups excluding tert-OH is 1. The molecule has 0 amide bonds. The van der Waals surface area contributed by atoms with Gasteiger partial charge in [-0.1, -0.05) is 6.92 Å². The Balaban J connectivity index is 2.35. The lowest BCUT2D eigenvalue weighted by Gasteiger charge is -2.19. The summed E-state index contributed by atoms with van der Waals surface area (Å²) in [4.78, 5) is 12.0. The van der Waals surface area contributed by atoms with Crippen molar-refractivity contribution in [3.8, 4) is 0 Å². The van der Waals surface area contributed by atoms with Crippen molar-refractivity contribution in [2.24, 2.45) is 0 Å². The Hall–Kier alpha value is -0.960. The maximum Gasteiger partial charge on any atom is 0.322 e. The van der Waals surface area contributed by atoms with E-state index in [1.54, 1.807) is 6.07 Å². The molecule has 8 heteroatoms. The molecule has 1 aromatic rings. The van der Waals surface area contributed by atoms with Crippen LogP contribution in [-0.4, -0.2) is 47.6 Å². The van der Waals surface area contributed by atoms with Crippen molar-refractivity contribution < 1.29 is 23.4 Å². The van der Waals surface area contributed by atoms with Crippen molar-refractivity contribution in [2.75, 3.05) is 6.54 Å². The Morgan fingerprint density at radius 2 is 2.21 bits per heavy atom. The molecule has 2 rings (SSSR count). The molecule has 0 spiro atoms. The van der Waals surface area contributed by atoms with Crippen molar-refractivity contribution in [1.29, 1.82) is 0 Å². The Morgan fingerprint density at radius 3 is 2.74 bits per heavy atom. The minimum atomic E-state index is -3.84. The summed E-state index contributed by atoms with van der Waals surface area (Å²) in [6, 6.07) is 2.02. The Kier molecular flexibility index (Phi) is 3.95. The van der Waals surface area contributed by atoms with E-state index in [1.807, 2.05) is 6.92 Å². The first kappa shape index (κ1) is 14.4. The lowest BCUT2D eigenvalue weighted by molar-refractivity contribution is -0.140. The highest BCUT2D eigenvalue weighted by molar-refractivity contribution is 7.91. The molecule has 1 fully saturated rings. The number of carboxylic acid groups (broad SMARTS) is 1. The Morgan fingerprint density at radius 1 is 1.53 bits per heavy atom. The second kappa shape index (κ2) is 5.20. The zero-order valence-electron chi connectivity index (χ0n) is 10.3. The molecule has 1 saturated heterocycles. The monoisotopic (exact) mass is 305 g/mol. The van der Waals surface area contributed by atoms with Gasteiger partial charge >= 0.3 is 5.97 Å². The fourth-order valence-corrected chi connectivity index (χ4v) is 5.13. The summed E-state index contributed by atoms with van der Waals surface area (Å²) in [6.45, 7) is 1.75. The van der Waals surface area contributed by atoms with Gasteiger partial charge in [-0.25, -0.2) is 8.42 Å². The summed E-state index contributed by atoms with van der Waals surface area (Å²) in [6.07, 6.45) is -0.271. The number of aryl methyl sites for hydroxylation is 1. The van der Waals surface area contributed by atoms with Crippen LogP contribution in [0.2, 0.25) is 0 Å². The number of sulfonamides is 1. The highest BCUT2D eigenvalue weighted by Gasteiger charge is 2.43. The number of hydrogen-bond acceptors (Lipinski definition) is 5. The highest BCUT2D eigenvalue weighted by Crippen LogP contribution is 2.30. The van der Waals surface area contributed by atoms with Gasteiger partial charge in [-0.3, -0.25) is 4.79 Å². The molecule has 2 atom stereocenters. The third kappa shape index (κ3) is 2.66. The molecular weight excluding hydrogens is 290 g/mol. The van der Waals surface area contributed by atoms with Crippen LogP contribution in [0, 0.1) is 0 Å². The van der Waals surface area contributed by atoms with Crippen molar-refractivity contribution in [3.05, 3.63) is 17.0 Å². The molecule has 106 valence electrons. The van der Waals surface area contributed by atoms with Crippen LogP contribution in [0.25, 0.3) is 0 Å². The van der Waals surface area contributed by atoms with Crippen molar-refractivity contribution in [3.63, 3.8) is 0 Å². The number of carbonyl (C=O) groups is 1. The first-order valence-electron chi connectivity index (χ1n) is 5.87. The third-order valence-corrected chi connectivity index (χ3v) is 6.64. The topological polar surface area (TPSA) is 94.9 Å². The van der Waals surface area contributed by atoms with Gasteiger partial charge in [0.25, 0.3) is 10.0 Å². The second-order valence-corrected chi connectivity index (χ2v) is 7.68. The zero-order chi connectivity index (χ0) is 14.2. The largest absolute Gasteiger partial charge is 0.480 e. The van der Waals surface area contributed by atoms with Gasteiger partial charge in [-0.05, 0) is 18.6 Å². The normalized spacial score (nSPS) is 24.7. The van der Waals surface area contributed by atoms with E-state index in [0.29, 0.717) is 0 Å². The van der Waals surface area contributed by atoms with Gasteiger partial charge < -0.3 is 10.2 Å². The minimum absolute atomic E-state index is 0.0689. The standard InChI is InChI=1S/C11H15NO5S2/c1-2-8-3-4-10(18-8)19(16,17)12-6-7(13)5-9(12)11(14)15/h3-4,7,9,13H,2,5-6H2,1H3,(H,14,15). The van der Waals surface area contributed by atoms with E-state index < -0.39 is 28.1 Å². The molecular formula is C11H15NO5S2. The predicted molar refractivity (Wildman–Crippen MR) is 69.6 cm³/mol. The van der Waals surface area contributed by atoms with E-state index in [0.717, 1.165) is 26.9 Å². The minimum Gasteiger partial charge on any atom is -0.480 e. The molecule has 6 nitrogen and oxygen atoms in total. The molecule has 0 bridgehead atoms. The third-order valence-electron chi connectivity index (χ3n) is 3.07. The summed E-state index contributed by atoms with van der Waals surface area (Å²) >= 11 is 1.14. The number of hydrogen-bond donors (Lipinski definition) is 2. The number of aliphatic hydroxyl groups is 1. The van der Waals surface area contributed by atoms with Crippen LogP contribution in [-0.2, 0) is 21.2 Å². The molecule has 0 aliphatic carbocycles. The van der Waals surface area contributed by atoms with Gasteiger partial charge in [0, 0.05) is 17.8 Å². The number of aliphatic carboxylic acids is 1. The van der Waals surface area contributed by atoms with E-state index in [9.17, 15) is 18.3 Å². The summed E-state index contributed by atoms with van der Waals surface area (Å²) in [5.41, 5.74) is 0. The molecule has 0 aromatic carbocycles. The van der Waals surface area contributed by atoms with Crippen molar-refractivity contribution in [2.45, 2.75) is 36.1 Å². The molecule has 2 heterocycles. The van der Waals surface area contributed by atoms with Crippen LogP contribution >= 0.6 is 11.3 Å². The van der Waals surface area contributed by atoms with Crippen LogP contribution in [0.5, 0.6) is 0 Å². The quantitative estimate of drug-likeness (QED) is 0.845. The Bertz CT molecular complexity index is 580. The average molecular weight is 305 g/mol. The summed E-state index contributed by atoms with van der Waals surface area (Å²) in [7, 11) is -3.84. The molecule has 2 N–H and O–H groups in total. The first-order valence-corrected chi connectivity index (χ1v) is 8.13. The van der Waals surface area contributed by atoms with E-state index in [-0.39, 0.29) is 17.2 Å². The van der Waals surface area contributed by atoms with Crippen LogP contribution in [0.3, 0.4) is 0 Å². The molecule has 1 aliphatic rings. The molecule has 1 aliphatic heterocycles. The predicted octanol–water partition coefficient (Wildman–Crippen LogP) is 0.519. The van der Waals surface area contributed by atoms with Crippen molar-refractivity contribution in [1.82, 2.24) is 4.31 Å². The van der Waals surface area contributed by atoms with E-state index in [4.69, 9.17) is 5.11 Å². The number of nitrogens with zero attached hydrogens (tertiary/aromatic N) is 1. The fraction of sp³-hybridized carbons (Fsp3) is 0.545. The van der Waals surface area contributed by atoms with Crippen LogP contribution in [0.15, 0.2) is 16.3 Å². The number of β-amino-alcohol motifs (C(OH)–C–C–N with tert-alkyl or cyclic N) is 1. The number of carboxylic acids is 1. The number of thiophene rings is 1. The average Bonchev–Trinajstić information content (AvgIpc) is 2.94. The van der Waals surface area contributed by atoms with Gasteiger partial charge in [0.15, 0.2) is 0 Å². The first-order chi connectivity index (χ1) is 8.86. The van der Waals surface area contributed by atoms with Crippen molar-refractivity contribution >= 4 is 27.3 Å². The zero-order valence-corrected chi connectivity index (χ0v) is 11.9. The van der Waals surface area contributed by atoms with Gasteiger partial charge in [0.2, 0.25) is 0 Å². The van der Waals surface area contributed by atoms with E-state index in [2.05, 4.69) is 0 Å². The molecule has 0 radical (unpaired) electrons. The molecule has 1 aromatic heterocycles. The van der Waals surface area contributed by atoms with Gasteiger partial charge in [0.1, 0.15) is 10.3 Å². The smallest absolute Gasteiger partial charge is 0.322 e. The van der Waals surface area contributed by atoms with Gasteiger partial charge in [0.05, 0.1) is 6.10 Å². The maximum atomic E-state index is 12.4. The Labute approximate surface area is 115 Å². The van der Waals surface area contributed by atoms with Crippen LogP contribution in [0.4, 0.5) is 0 Å². The maximum absolute atomic E-state index is 12.4. The fourth-order valence-electron chi connectivity index (χ4n) is 2.08. The highest BCUT2D eigenvalue weighted by atomic mass is 32.2. The lowest BCUT2D eigenvalue weighted by atomic mass is 10.2. The van der Waals surface area contributed by atoms with E-state index >= 15 is 0 Å². The van der Waals surface area contributed by atoms with Crippen LogP contribution in [0.1, 0.15) is 18.2 Å². The summed E-state index contributed by atoms with van der Waals surface area (Å²) in [5.74, 6) is -1.23. The van der Waals surface area contributed by atoms with Gasteiger partial charge in [-0.15, -0.1) is 11.3 Å². The molecule has 19 heavy (non-hydrogen) atoms. The molecule has 2 unspecified atom stereocenters. The van der Waals surface area contributed by atoms with Gasteiger partial charge in [-0.2, -0.15) is 4.31 Å². The van der Waals surface area contributed by atoms with Crippen LogP contribution < -0.4 is 0 Å². The number of rotatable bonds is 4. The van der Waals surface area contributed by atoms with E-state index in [1.165, 1.54) is 6.07 Å². The summed E-state index contributed by atoms with van der Waals surface area (Å²) in [5, 5.41) is 18.6. The molecule has 0 saturated carbocycles. The lowest BCUT2D eigenvalue weighted by Crippen LogP contribution is -2.40. The SMILES string of the molecule is CCc1ccc(S(=O)(=O)N2CC(O)CC2C(=O)O)s1. The second-order valence-electron chi connectivity index (χ2n) is 4.39. The summed E-state index contributed by atoms with van der Waals surface area (Å²) < 4.78 is 25.8.